The summed E-state index contributed by atoms with van der Waals surface area (Å²) < 4.78 is 6.50. The van der Waals surface area contributed by atoms with Gasteiger partial charge in [0.2, 0.25) is 5.89 Å². The number of carbonyl (C=O) groups excluding carboxylic acids is 1. The van der Waals surface area contributed by atoms with Crippen molar-refractivity contribution in [3.05, 3.63) is 63.7 Å². The Labute approximate surface area is 143 Å². The molecular formula is C17H17N5O3. The number of hydrogen-bond acceptors (Lipinski definition) is 5. The minimum absolute atomic E-state index is 0.0519. The lowest BCUT2D eigenvalue weighted by Gasteiger charge is -2.36. The summed E-state index contributed by atoms with van der Waals surface area (Å²) in [6.45, 7) is 4.73. The van der Waals surface area contributed by atoms with Crippen molar-refractivity contribution in [2.45, 2.75) is 19.8 Å². The molecule has 128 valence electrons. The largest absolute Gasteiger partial charge is 0.339 e. The Balaban J connectivity index is 1.49. The molecule has 3 heterocycles. The summed E-state index contributed by atoms with van der Waals surface area (Å²) in [5.41, 5.74) is 1.79. The van der Waals surface area contributed by atoms with Crippen molar-refractivity contribution in [3.8, 4) is 5.69 Å². The first-order valence-electron chi connectivity index (χ1n) is 8.00. The van der Waals surface area contributed by atoms with Crippen LogP contribution < -0.4 is 5.56 Å². The van der Waals surface area contributed by atoms with E-state index in [1.807, 2.05) is 31.2 Å². The molecule has 0 radical (unpaired) electrons. The van der Waals surface area contributed by atoms with Gasteiger partial charge in [0.25, 0.3) is 11.5 Å². The second-order valence-corrected chi connectivity index (χ2v) is 6.27. The number of aromatic nitrogens is 4. The smallest absolute Gasteiger partial charge is 0.272 e. The Morgan fingerprint density at radius 3 is 2.60 bits per heavy atom. The summed E-state index contributed by atoms with van der Waals surface area (Å²) in [6.07, 6.45) is 0. The fourth-order valence-electron chi connectivity index (χ4n) is 2.84. The Kier molecular flexibility index (Phi) is 3.52. The predicted molar refractivity (Wildman–Crippen MR) is 88.8 cm³/mol. The van der Waals surface area contributed by atoms with Gasteiger partial charge in [-0.3, -0.25) is 14.7 Å². The van der Waals surface area contributed by atoms with Crippen molar-refractivity contribution < 1.29 is 9.32 Å². The standard InChI is InChI=1S/C17H17N5O3/c1-10-3-5-13(6-4-10)22-15(23)7-14(19-22)17(24)21-8-12(9-21)16-18-11(2)20-25-16/h3-7,12,19H,8-9H2,1-2H3. The molecule has 3 aromatic rings. The summed E-state index contributed by atoms with van der Waals surface area (Å²) in [5, 5.41) is 6.65. The third-order valence-corrected chi connectivity index (χ3v) is 4.30. The van der Waals surface area contributed by atoms with Gasteiger partial charge in [0, 0.05) is 19.2 Å². The fraction of sp³-hybridized carbons (Fsp3) is 0.294. The Hall–Kier alpha value is -3.16. The maximum atomic E-state index is 12.5. The molecule has 0 atom stereocenters. The number of aromatic amines is 1. The number of rotatable bonds is 3. The van der Waals surface area contributed by atoms with Crippen LogP contribution in [-0.4, -0.2) is 43.8 Å². The molecule has 0 saturated carbocycles. The number of hydrogen-bond donors (Lipinski definition) is 1. The first-order chi connectivity index (χ1) is 12.0. The summed E-state index contributed by atoms with van der Waals surface area (Å²) in [5.74, 6) is 0.970. The third kappa shape index (κ3) is 2.75. The van der Waals surface area contributed by atoms with E-state index in [2.05, 4.69) is 15.2 Å². The second kappa shape index (κ2) is 5.73. The number of amides is 1. The highest BCUT2D eigenvalue weighted by Crippen LogP contribution is 2.26. The van der Waals surface area contributed by atoms with Gasteiger partial charge in [0.15, 0.2) is 5.82 Å². The van der Waals surface area contributed by atoms with Crippen LogP contribution >= 0.6 is 0 Å². The van der Waals surface area contributed by atoms with Crippen LogP contribution in [0.1, 0.15) is 33.7 Å². The molecule has 25 heavy (non-hydrogen) atoms. The van der Waals surface area contributed by atoms with Gasteiger partial charge in [-0.2, -0.15) is 4.98 Å². The summed E-state index contributed by atoms with van der Waals surface area (Å²) >= 11 is 0. The van der Waals surface area contributed by atoms with Crippen LogP contribution in [0.3, 0.4) is 0 Å². The molecular weight excluding hydrogens is 322 g/mol. The molecule has 2 aromatic heterocycles. The van der Waals surface area contributed by atoms with Crippen molar-refractivity contribution in [1.29, 1.82) is 0 Å². The molecule has 1 amide bonds. The predicted octanol–water partition coefficient (Wildman–Crippen LogP) is 1.41. The number of nitrogens with zero attached hydrogens (tertiary/aromatic N) is 4. The van der Waals surface area contributed by atoms with E-state index in [9.17, 15) is 9.59 Å². The number of likely N-dealkylation sites (tertiary alicyclic amines) is 1. The van der Waals surface area contributed by atoms with Crippen LogP contribution in [0.5, 0.6) is 0 Å². The number of carbonyl (C=O) groups is 1. The first-order valence-corrected chi connectivity index (χ1v) is 8.00. The van der Waals surface area contributed by atoms with E-state index in [0.717, 1.165) is 5.56 Å². The zero-order valence-electron chi connectivity index (χ0n) is 13.9. The zero-order valence-corrected chi connectivity index (χ0v) is 13.9. The molecule has 8 heteroatoms. The lowest BCUT2D eigenvalue weighted by Crippen LogP contribution is -2.48. The molecule has 1 aliphatic rings. The van der Waals surface area contributed by atoms with Crippen LogP contribution in [0.4, 0.5) is 0 Å². The molecule has 8 nitrogen and oxygen atoms in total. The molecule has 1 saturated heterocycles. The maximum Gasteiger partial charge on any atom is 0.272 e. The lowest BCUT2D eigenvalue weighted by molar-refractivity contribution is 0.0562. The van der Waals surface area contributed by atoms with E-state index in [1.165, 1.54) is 10.7 Å². The summed E-state index contributed by atoms with van der Waals surface area (Å²) in [7, 11) is 0. The average molecular weight is 339 g/mol. The van der Waals surface area contributed by atoms with Gasteiger partial charge in [-0.05, 0) is 26.0 Å². The second-order valence-electron chi connectivity index (χ2n) is 6.27. The van der Waals surface area contributed by atoms with Gasteiger partial charge >= 0.3 is 0 Å². The SMILES string of the molecule is Cc1ccc(-n2[nH]c(C(=O)N3CC(c4nc(C)no4)C3)cc2=O)cc1. The van der Waals surface area contributed by atoms with Crippen LogP contribution in [0.15, 0.2) is 39.6 Å². The molecule has 0 bridgehead atoms. The first kappa shape index (κ1) is 15.4. The molecule has 4 rings (SSSR count). The van der Waals surface area contributed by atoms with Crippen LogP contribution in [0.2, 0.25) is 0 Å². The van der Waals surface area contributed by atoms with Crippen molar-refractivity contribution in [2.24, 2.45) is 0 Å². The minimum Gasteiger partial charge on any atom is -0.339 e. The lowest BCUT2D eigenvalue weighted by atomic mass is 10.00. The molecule has 0 unspecified atom stereocenters. The Morgan fingerprint density at radius 1 is 1.24 bits per heavy atom. The van der Waals surface area contributed by atoms with E-state index in [4.69, 9.17) is 4.52 Å². The highest BCUT2D eigenvalue weighted by molar-refractivity contribution is 5.92. The number of nitrogens with one attached hydrogen (secondary N) is 1. The van der Waals surface area contributed by atoms with Crippen molar-refractivity contribution in [3.63, 3.8) is 0 Å². The van der Waals surface area contributed by atoms with Crippen molar-refractivity contribution in [1.82, 2.24) is 24.8 Å². The van der Waals surface area contributed by atoms with Crippen LogP contribution in [0, 0.1) is 13.8 Å². The summed E-state index contributed by atoms with van der Waals surface area (Å²) in [6, 6.07) is 8.82. The zero-order chi connectivity index (χ0) is 17.6. The molecule has 0 aliphatic carbocycles. The van der Waals surface area contributed by atoms with E-state index < -0.39 is 0 Å². The van der Waals surface area contributed by atoms with Gasteiger partial charge in [0.1, 0.15) is 5.69 Å². The van der Waals surface area contributed by atoms with Crippen LogP contribution in [0.25, 0.3) is 5.69 Å². The Bertz CT molecular complexity index is 976. The van der Waals surface area contributed by atoms with Gasteiger partial charge in [-0.25, -0.2) is 4.68 Å². The van der Waals surface area contributed by atoms with E-state index in [0.29, 0.717) is 30.5 Å². The monoisotopic (exact) mass is 339 g/mol. The average Bonchev–Trinajstić information content (AvgIpc) is 3.13. The molecule has 1 N–H and O–H groups in total. The van der Waals surface area contributed by atoms with E-state index in [-0.39, 0.29) is 23.1 Å². The minimum atomic E-state index is -0.267. The fourth-order valence-corrected chi connectivity index (χ4v) is 2.84. The summed E-state index contributed by atoms with van der Waals surface area (Å²) in [4.78, 5) is 30.5. The van der Waals surface area contributed by atoms with E-state index in [1.54, 1.807) is 11.8 Å². The van der Waals surface area contributed by atoms with Gasteiger partial charge in [-0.1, -0.05) is 22.9 Å². The normalized spacial score (nSPS) is 14.6. The third-order valence-electron chi connectivity index (χ3n) is 4.30. The molecule has 1 aromatic carbocycles. The molecule has 0 spiro atoms. The van der Waals surface area contributed by atoms with Crippen LogP contribution in [-0.2, 0) is 0 Å². The van der Waals surface area contributed by atoms with E-state index >= 15 is 0 Å². The molecule has 1 fully saturated rings. The highest BCUT2D eigenvalue weighted by Gasteiger charge is 2.36. The highest BCUT2D eigenvalue weighted by atomic mass is 16.5. The van der Waals surface area contributed by atoms with Crippen molar-refractivity contribution >= 4 is 5.91 Å². The number of aryl methyl sites for hydroxylation is 2. The van der Waals surface area contributed by atoms with Gasteiger partial charge < -0.3 is 9.42 Å². The Morgan fingerprint density at radius 2 is 1.96 bits per heavy atom. The maximum absolute atomic E-state index is 12.5. The topological polar surface area (TPSA) is 97.0 Å². The number of benzene rings is 1. The van der Waals surface area contributed by atoms with Gasteiger partial charge in [0.05, 0.1) is 11.6 Å². The van der Waals surface area contributed by atoms with Gasteiger partial charge in [-0.15, -0.1) is 0 Å². The molecule has 1 aliphatic heterocycles. The number of H-pyrrole nitrogens is 1. The quantitative estimate of drug-likeness (QED) is 0.778. The van der Waals surface area contributed by atoms with Crippen molar-refractivity contribution in [2.75, 3.05) is 13.1 Å².